The Morgan fingerprint density at radius 2 is 1.76 bits per heavy atom. The van der Waals surface area contributed by atoms with Crippen molar-refractivity contribution in [1.82, 2.24) is 9.55 Å². The number of aromatic amines is 1. The number of hydrogen-bond acceptors (Lipinski definition) is 4. The smallest absolute Gasteiger partial charge is 0.329 e. The molecule has 0 radical (unpaired) electrons. The molecule has 3 aromatic rings. The molecule has 0 aliphatic heterocycles. The van der Waals surface area contributed by atoms with Crippen LogP contribution in [-0.4, -0.2) is 23.8 Å². The average Bonchev–Trinajstić information content (AvgIpc) is 2.60. The molecule has 0 aliphatic rings. The van der Waals surface area contributed by atoms with Crippen LogP contribution in [-0.2, 0) is 6.54 Å². The van der Waals surface area contributed by atoms with E-state index in [9.17, 15) is 9.59 Å². The molecule has 0 saturated carbocycles. The number of benzene rings is 2. The largest absolute Gasteiger partial charge is 0.493 e. The molecular formula is C18H17ClN2O4. The highest BCUT2D eigenvalue weighted by atomic mass is 35.5. The van der Waals surface area contributed by atoms with E-state index in [1.54, 1.807) is 24.3 Å². The maximum atomic E-state index is 12.8. The van der Waals surface area contributed by atoms with E-state index in [0.717, 1.165) is 15.7 Å². The van der Waals surface area contributed by atoms with Gasteiger partial charge in [-0.2, -0.15) is 0 Å². The minimum atomic E-state index is -0.496. The number of halogens is 1. The maximum Gasteiger partial charge on any atom is 0.329 e. The average molecular weight is 361 g/mol. The van der Waals surface area contributed by atoms with Crippen LogP contribution in [0.2, 0.25) is 5.02 Å². The second kappa shape index (κ2) is 6.64. The molecule has 0 amide bonds. The van der Waals surface area contributed by atoms with E-state index in [2.05, 4.69) is 4.98 Å². The van der Waals surface area contributed by atoms with Gasteiger partial charge in [-0.15, -0.1) is 0 Å². The first kappa shape index (κ1) is 17.1. The number of rotatable bonds is 4. The van der Waals surface area contributed by atoms with Gasteiger partial charge in [-0.3, -0.25) is 9.36 Å². The number of hydrogen-bond donors (Lipinski definition) is 1. The molecule has 0 unspecified atom stereocenters. The van der Waals surface area contributed by atoms with Crippen molar-refractivity contribution in [2.45, 2.75) is 13.5 Å². The Morgan fingerprint density at radius 1 is 1.08 bits per heavy atom. The van der Waals surface area contributed by atoms with Crippen LogP contribution >= 0.6 is 11.6 Å². The number of nitrogens with one attached hydrogen (secondary N) is 1. The van der Waals surface area contributed by atoms with Gasteiger partial charge in [0, 0.05) is 11.1 Å². The van der Waals surface area contributed by atoms with E-state index < -0.39 is 11.2 Å². The second-order valence-electron chi connectivity index (χ2n) is 5.65. The Morgan fingerprint density at radius 3 is 2.44 bits per heavy atom. The van der Waals surface area contributed by atoms with E-state index in [1.807, 2.05) is 13.0 Å². The SMILES string of the molecule is COc1cc2[nH]c(=O)n(Cc3cc(Cl)ccc3C)c(=O)c2cc1OC. The molecule has 2 aromatic carbocycles. The van der Waals surface area contributed by atoms with Gasteiger partial charge < -0.3 is 14.5 Å². The summed E-state index contributed by atoms with van der Waals surface area (Å²) in [6, 6.07) is 8.51. The van der Waals surface area contributed by atoms with Crippen LogP contribution in [0.4, 0.5) is 0 Å². The summed E-state index contributed by atoms with van der Waals surface area (Å²) in [4.78, 5) is 28.0. The van der Waals surface area contributed by atoms with Crippen LogP contribution in [0, 0.1) is 6.92 Å². The lowest BCUT2D eigenvalue weighted by Crippen LogP contribution is -2.35. The second-order valence-corrected chi connectivity index (χ2v) is 6.08. The van der Waals surface area contributed by atoms with Crippen molar-refractivity contribution in [3.8, 4) is 11.5 Å². The van der Waals surface area contributed by atoms with Crippen molar-refractivity contribution >= 4 is 22.5 Å². The van der Waals surface area contributed by atoms with Crippen molar-refractivity contribution in [3.63, 3.8) is 0 Å². The number of methoxy groups -OCH3 is 2. The van der Waals surface area contributed by atoms with E-state index in [0.29, 0.717) is 27.4 Å². The molecule has 3 rings (SSSR count). The zero-order valence-corrected chi connectivity index (χ0v) is 14.8. The zero-order valence-electron chi connectivity index (χ0n) is 14.1. The van der Waals surface area contributed by atoms with Crippen LogP contribution in [0.1, 0.15) is 11.1 Å². The van der Waals surface area contributed by atoms with Gasteiger partial charge in [0.25, 0.3) is 5.56 Å². The van der Waals surface area contributed by atoms with Crippen LogP contribution in [0.3, 0.4) is 0 Å². The Hall–Kier alpha value is -2.73. The first-order valence-electron chi connectivity index (χ1n) is 7.58. The molecule has 0 bridgehead atoms. The number of ether oxygens (including phenoxy) is 2. The first-order valence-corrected chi connectivity index (χ1v) is 7.96. The third-order valence-electron chi connectivity index (χ3n) is 4.13. The quantitative estimate of drug-likeness (QED) is 0.776. The lowest BCUT2D eigenvalue weighted by atomic mass is 10.1. The molecular weight excluding hydrogens is 344 g/mol. The number of aromatic nitrogens is 2. The Bertz CT molecular complexity index is 1070. The summed E-state index contributed by atoms with van der Waals surface area (Å²) >= 11 is 6.03. The molecule has 1 aromatic heterocycles. The fraction of sp³-hybridized carbons (Fsp3) is 0.222. The van der Waals surface area contributed by atoms with Crippen LogP contribution in [0.25, 0.3) is 10.9 Å². The lowest BCUT2D eigenvalue weighted by molar-refractivity contribution is 0.355. The third kappa shape index (κ3) is 3.13. The Labute approximate surface area is 148 Å². The van der Waals surface area contributed by atoms with Gasteiger partial charge in [0.1, 0.15) is 0 Å². The highest BCUT2D eigenvalue weighted by molar-refractivity contribution is 6.30. The van der Waals surface area contributed by atoms with Gasteiger partial charge in [-0.05, 0) is 36.2 Å². The molecule has 0 saturated heterocycles. The molecule has 25 heavy (non-hydrogen) atoms. The van der Waals surface area contributed by atoms with E-state index in [1.165, 1.54) is 14.2 Å². The molecule has 0 atom stereocenters. The normalized spacial score (nSPS) is 10.9. The van der Waals surface area contributed by atoms with E-state index in [-0.39, 0.29) is 6.54 Å². The summed E-state index contributed by atoms with van der Waals surface area (Å²) in [6.07, 6.45) is 0. The summed E-state index contributed by atoms with van der Waals surface area (Å²) in [5.41, 5.74) is 1.25. The monoisotopic (exact) mass is 360 g/mol. The fourth-order valence-electron chi connectivity index (χ4n) is 2.70. The van der Waals surface area contributed by atoms with E-state index >= 15 is 0 Å². The van der Waals surface area contributed by atoms with Crippen molar-refractivity contribution in [3.05, 3.63) is 67.3 Å². The first-order chi connectivity index (χ1) is 11.9. The number of aryl methyl sites for hydroxylation is 1. The zero-order chi connectivity index (χ0) is 18.1. The fourth-order valence-corrected chi connectivity index (χ4v) is 2.90. The van der Waals surface area contributed by atoms with Crippen LogP contribution in [0.15, 0.2) is 39.9 Å². The molecule has 6 nitrogen and oxygen atoms in total. The van der Waals surface area contributed by atoms with Gasteiger partial charge in [-0.25, -0.2) is 4.79 Å². The van der Waals surface area contributed by atoms with Gasteiger partial charge in [-0.1, -0.05) is 17.7 Å². The van der Waals surface area contributed by atoms with Crippen molar-refractivity contribution in [1.29, 1.82) is 0 Å². The summed E-state index contributed by atoms with van der Waals surface area (Å²) in [7, 11) is 2.98. The molecule has 130 valence electrons. The van der Waals surface area contributed by atoms with Crippen LogP contribution in [0.5, 0.6) is 11.5 Å². The lowest BCUT2D eigenvalue weighted by Gasteiger charge is -2.12. The topological polar surface area (TPSA) is 73.3 Å². The van der Waals surface area contributed by atoms with E-state index in [4.69, 9.17) is 21.1 Å². The predicted molar refractivity (Wildman–Crippen MR) is 97.2 cm³/mol. The number of nitrogens with zero attached hydrogens (tertiary/aromatic N) is 1. The molecule has 0 aliphatic carbocycles. The Kier molecular flexibility index (Phi) is 4.55. The highest BCUT2D eigenvalue weighted by Gasteiger charge is 2.13. The van der Waals surface area contributed by atoms with Crippen molar-refractivity contribution < 1.29 is 9.47 Å². The van der Waals surface area contributed by atoms with Gasteiger partial charge in [0.05, 0.1) is 31.7 Å². The minimum Gasteiger partial charge on any atom is -0.493 e. The number of H-pyrrole nitrogens is 1. The third-order valence-corrected chi connectivity index (χ3v) is 4.36. The molecule has 1 N–H and O–H groups in total. The number of fused-ring (bicyclic) bond motifs is 1. The van der Waals surface area contributed by atoms with Gasteiger partial charge in [0.15, 0.2) is 11.5 Å². The standard InChI is InChI=1S/C18H17ClN2O4/c1-10-4-5-12(19)6-11(10)9-21-17(22)13-7-15(24-2)16(25-3)8-14(13)20-18(21)23/h4-8H,9H2,1-3H3,(H,20,23). The maximum absolute atomic E-state index is 12.8. The molecule has 0 spiro atoms. The summed E-state index contributed by atoms with van der Waals surface area (Å²) < 4.78 is 11.6. The molecule has 0 fully saturated rings. The summed E-state index contributed by atoms with van der Waals surface area (Å²) in [5, 5.41) is 0.897. The van der Waals surface area contributed by atoms with Gasteiger partial charge in [0.2, 0.25) is 0 Å². The minimum absolute atomic E-state index is 0.130. The van der Waals surface area contributed by atoms with Gasteiger partial charge >= 0.3 is 5.69 Å². The Balaban J connectivity index is 2.21. The molecule has 1 heterocycles. The predicted octanol–water partition coefficient (Wildman–Crippen LogP) is 2.72. The van der Waals surface area contributed by atoms with Crippen molar-refractivity contribution in [2.24, 2.45) is 0 Å². The van der Waals surface area contributed by atoms with Crippen LogP contribution < -0.4 is 20.7 Å². The van der Waals surface area contributed by atoms with Crippen molar-refractivity contribution in [2.75, 3.05) is 14.2 Å². The summed E-state index contributed by atoms with van der Waals surface area (Å²) in [6.45, 7) is 2.03. The highest BCUT2D eigenvalue weighted by Crippen LogP contribution is 2.29. The molecule has 7 heteroatoms. The summed E-state index contributed by atoms with van der Waals surface area (Å²) in [5.74, 6) is 0.859.